The summed E-state index contributed by atoms with van der Waals surface area (Å²) in [5, 5.41) is 123. The van der Waals surface area contributed by atoms with Gasteiger partial charge in [-0.1, -0.05) is 6.07 Å². The number of ether oxygens (including phenoxy) is 7. The molecule has 53 heavy (non-hydrogen) atoms. The summed E-state index contributed by atoms with van der Waals surface area (Å²) in [4.78, 5) is 13.1. The second-order valence-corrected chi connectivity index (χ2v) is 12.6. The van der Waals surface area contributed by atoms with Crippen LogP contribution in [0.5, 0.6) is 28.7 Å². The summed E-state index contributed by atoms with van der Waals surface area (Å²) < 4.78 is 39.9. The predicted octanol–water partition coefficient (Wildman–Crippen LogP) is -3.37. The number of phenols is 4. The number of carbonyl (C=O) groups is 1. The first kappa shape index (κ1) is 40.3. The molecule has 20 nitrogen and oxygen atoms in total. The fourth-order valence-electron chi connectivity index (χ4n) is 5.87. The number of rotatable bonds is 11. The number of hydrogen-bond acceptors (Lipinski definition) is 20. The molecular weight excluding hydrogens is 716 g/mol. The van der Waals surface area contributed by atoms with Gasteiger partial charge < -0.3 is 94.4 Å². The van der Waals surface area contributed by atoms with Crippen molar-refractivity contribution >= 4 is 12.0 Å². The monoisotopic (exact) mass is 758 g/mol. The summed E-state index contributed by atoms with van der Waals surface area (Å²) in [5.41, 5.74) is 0.264. The molecule has 3 aliphatic rings. The third kappa shape index (κ3) is 8.92. The van der Waals surface area contributed by atoms with Crippen LogP contribution in [0.25, 0.3) is 6.08 Å². The molecule has 3 heterocycles. The first-order valence-corrected chi connectivity index (χ1v) is 16.3. The van der Waals surface area contributed by atoms with Crippen molar-refractivity contribution in [2.75, 3.05) is 13.2 Å². The van der Waals surface area contributed by atoms with E-state index in [1.54, 1.807) is 0 Å². The number of carbonyl (C=O) groups excluding carboxylic acids is 1. The molecule has 12 N–H and O–H groups in total. The molecule has 3 fully saturated rings. The zero-order valence-electron chi connectivity index (χ0n) is 27.8. The summed E-state index contributed by atoms with van der Waals surface area (Å²) in [5.74, 6) is -3.19. The summed E-state index contributed by atoms with van der Waals surface area (Å²) >= 11 is 0. The molecule has 294 valence electrons. The number of aliphatic hydroxyl groups is 8. The van der Waals surface area contributed by atoms with Crippen LogP contribution < -0.4 is 4.74 Å². The molecule has 0 radical (unpaired) electrons. The van der Waals surface area contributed by atoms with Crippen molar-refractivity contribution in [3.8, 4) is 28.7 Å². The van der Waals surface area contributed by atoms with Gasteiger partial charge in [0.15, 0.2) is 41.7 Å². The lowest BCUT2D eigenvalue weighted by molar-refractivity contribution is -0.384. The van der Waals surface area contributed by atoms with Crippen LogP contribution in [0.3, 0.4) is 0 Å². The van der Waals surface area contributed by atoms with E-state index in [0.717, 1.165) is 24.3 Å². The van der Waals surface area contributed by atoms with Crippen molar-refractivity contribution in [1.82, 2.24) is 0 Å². The summed E-state index contributed by atoms with van der Waals surface area (Å²) in [6.07, 6.45) is -23.9. The zero-order chi connectivity index (χ0) is 38.7. The largest absolute Gasteiger partial charge is 0.504 e. The number of phenolic OH excluding ortho intramolecular Hbond substituents is 4. The Labute approximate surface area is 300 Å². The molecule has 20 heteroatoms. The molecule has 3 saturated heterocycles. The zero-order valence-corrected chi connectivity index (χ0v) is 27.8. The number of hydrogen-bond donors (Lipinski definition) is 12. The molecule has 0 aliphatic carbocycles. The van der Waals surface area contributed by atoms with E-state index >= 15 is 0 Å². The van der Waals surface area contributed by atoms with Crippen LogP contribution in [0.15, 0.2) is 42.5 Å². The maximum absolute atomic E-state index is 13.1. The van der Waals surface area contributed by atoms with Gasteiger partial charge >= 0.3 is 5.97 Å². The molecule has 0 aromatic heterocycles. The molecule has 0 saturated carbocycles. The van der Waals surface area contributed by atoms with E-state index in [4.69, 9.17) is 33.2 Å². The molecular formula is C33H42O20. The summed E-state index contributed by atoms with van der Waals surface area (Å²) in [6.45, 7) is -0.354. The third-order valence-corrected chi connectivity index (χ3v) is 8.87. The van der Waals surface area contributed by atoms with Crippen molar-refractivity contribution in [3.63, 3.8) is 0 Å². The van der Waals surface area contributed by atoms with Crippen molar-refractivity contribution in [2.45, 2.75) is 99.0 Å². The fraction of sp³-hybridized carbons (Fsp3) is 0.545. The fourth-order valence-corrected chi connectivity index (χ4v) is 5.87. The van der Waals surface area contributed by atoms with Crippen LogP contribution in [0.1, 0.15) is 12.5 Å². The quantitative estimate of drug-likeness (QED) is 0.0604. The highest BCUT2D eigenvalue weighted by molar-refractivity contribution is 5.87. The highest BCUT2D eigenvalue weighted by Crippen LogP contribution is 2.36. The first-order valence-electron chi connectivity index (χ1n) is 16.3. The Hall–Kier alpha value is -3.87. The Morgan fingerprint density at radius 3 is 1.91 bits per heavy atom. The highest BCUT2D eigenvalue weighted by atomic mass is 16.8. The Morgan fingerprint density at radius 2 is 1.26 bits per heavy atom. The molecule has 0 amide bonds. The lowest BCUT2D eigenvalue weighted by atomic mass is 9.96. The average Bonchev–Trinajstić information content (AvgIpc) is 3.13. The molecule has 0 spiro atoms. The van der Waals surface area contributed by atoms with Gasteiger partial charge in [0, 0.05) is 12.1 Å². The van der Waals surface area contributed by atoms with E-state index in [1.807, 2.05) is 0 Å². The average molecular weight is 759 g/mol. The second-order valence-electron chi connectivity index (χ2n) is 12.6. The van der Waals surface area contributed by atoms with Crippen LogP contribution in [-0.2, 0) is 33.2 Å². The van der Waals surface area contributed by atoms with Gasteiger partial charge in [-0.2, -0.15) is 0 Å². The molecule has 2 aromatic carbocycles. The van der Waals surface area contributed by atoms with E-state index in [-0.39, 0.29) is 11.3 Å². The van der Waals surface area contributed by atoms with E-state index in [1.165, 1.54) is 31.2 Å². The van der Waals surface area contributed by atoms with Gasteiger partial charge in [-0.3, -0.25) is 0 Å². The maximum atomic E-state index is 13.1. The van der Waals surface area contributed by atoms with E-state index in [9.17, 15) is 66.1 Å². The minimum atomic E-state index is -1.96. The van der Waals surface area contributed by atoms with Crippen molar-refractivity contribution < 1.29 is 99.2 Å². The molecule has 0 bridgehead atoms. The van der Waals surface area contributed by atoms with Crippen molar-refractivity contribution in [3.05, 3.63) is 48.0 Å². The van der Waals surface area contributed by atoms with Gasteiger partial charge in [-0.05, 0) is 42.8 Å². The first-order chi connectivity index (χ1) is 25.1. The number of aliphatic hydroxyl groups excluding tert-OH is 8. The minimum absolute atomic E-state index is 0.139. The SMILES string of the molecule is C[C@@H]1O[C@@H](O[C@@H]2[C@@H](O)[C@H](Oc3ccc(O)c(O)c3)O[C@H](CO)[C@H]2OC(=O)/C=C/c2ccc(O)c(O)c2)[C@H](O[C@@H]2O[C@H](CO)[C@H](O)[C@H](O)[C@H]2O)[C@H](O)[C@H]1O. The minimum Gasteiger partial charge on any atom is -0.504 e. The Morgan fingerprint density at radius 1 is 0.642 bits per heavy atom. The lowest BCUT2D eigenvalue weighted by Crippen LogP contribution is -2.67. The van der Waals surface area contributed by atoms with Gasteiger partial charge in [-0.25, -0.2) is 4.79 Å². The molecule has 3 aliphatic heterocycles. The summed E-state index contributed by atoms with van der Waals surface area (Å²) in [7, 11) is 0. The maximum Gasteiger partial charge on any atom is 0.331 e. The van der Waals surface area contributed by atoms with Crippen LogP contribution in [0.4, 0.5) is 0 Å². The van der Waals surface area contributed by atoms with Gasteiger partial charge in [0.05, 0.1) is 19.3 Å². The molecule has 2 aromatic rings. The van der Waals surface area contributed by atoms with Crippen LogP contribution in [0.2, 0.25) is 0 Å². The number of esters is 1. The summed E-state index contributed by atoms with van der Waals surface area (Å²) in [6, 6.07) is 6.96. The van der Waals surface area contributed by atoms with Crippen molar-refractivity contribution in [1.29, 1.82) is 0 Å². The van der Waals surface area contributed by atoms with E-state index in [0.29, 0.717) is 0 Å². The normalized spacial score (nSPS) is 37.7. The number of aromatic hydroxyl groups is 4. The Balaban J connectivity index is 1.45. The smallest absolute Gasteiger partial charge is 0.331 e. The van der Waals surface area contributed by atoms with Gasteiger partial charge in [-0.15, -0.1) is 0 Å². The third-order valence-electron chi connectivity index (χ3n) is 8.87. The van der Waals surface area contributed by atoms with Crippen LogP contribution in [0, 0.1) is 0 Å². The van der Waals surface area contributed by atoms with Crippen LogP contribution in [-0.4, -0.2) is 173 Å². The molecule has 0 unspecified atom stereocenters. The van der Waals surface area contributed by atoms with Crippen molar-refractivity contribution in [2.24, 2.45) is 0 Å². The highest BCUT2D eigenvalue weighted by Gasteiger charge is 2.55. The molecule has 5 rings (SSSR count). The topological polar surface area (TPSA) is 324 Å². The standard InChI is InChI=1S/C33H42O20/c1-12-22(41)25(44)30(53-31-26(45)24(43)23(42)19(10-34)49-31)33(47-12)52-29-27(46)32(48-14-4-6-16(37)18(39)9-14)50-20(11-35)28(29)51-21(40)7-3-13-2-5-15(36)17(38)8-13/h2-9,12,19-20,22-39,41-46H,10-11H2,1H3/b7-3+/t12-,19+,20+,22-,23-,24-,25+,26+,27+,28+,29+,30+,31-,32+,33-/m0/s1. The Bertz CT molecular complexity index is 1570. The number of benzene rings is 2. The van der Waals surface area contributed by atoms with Gasteiger partial charge in [0.25, 0.3) is 0 Å². The van der Waals surface area contributed by atoms with Gasteiger partial charge in [0.2, 0.25) is 6.29 Å². The van der Waals surface area contributed by atoms with E-state index < -0.39 is 134 Å². The predicted molar refractivity (Wildman–Crippen MR) is 171 cm³/mol. The molecule has 15 atom stereocenters. The second kappa shape index (κ2) is 17.1. The van der Waals surface area contributed by atoms with E-state index in [2.05, 4.69) is 0 Å². The lowest BCUT2D eigenvalue weighted by Gasteiger charge is -2.48. The Kier molecular flexibility index (Phi) is 13.0. The van der Waals surface area contributed by atoms with Gasteiger partial charge in [0.1, 0.15) is 66.8 Å². The van der Waals surface area contributed by atoms with Crippen LogP contribution >= 0.6 is 0 Å².